The number of aliphatic imine (C=N–C) groups is 2. The van der Waals surface area contributed by atoms with Crippen LogP contribution in [0.15, 0.2) is 196 Å². The van der Waals surface area contributed by atoms with E-state index >= 15 is 0 Å². The van der Waals surface area contributed by atoms with Gasteiger partial charge in [0.25, 0.3) is 0 Å². The predicted octanol–water partition coefficient (Wildman–Crippen LogP) is 13.3. The zero-order valence-corrected chi connectivity index (χ0v) is 30.5. The van der Waals surface area contributed by atoms with Gasteiger partial charge in [-0.2, -0.15) is 0 Å². The first kappa shape index (κ1) is 33.1. The summed E-state index contributed by atoms with van der Waals surface area (Å²) in [6.07, 6.45) is 7.35. The van der Waals surface area contributed by atoms with Crippen molar-refractivity contribution < 1.29 is 4.42 Å². The molecule has 0 saturated heterocycles. The Morgan fingerprint density at radius 2 is 1.33 bits per heavy atom. The quantitative estimate of drug-likeness (QED) is 0.121. The second kappa shape index (κ2) is 13.6. The summed E-state index contributed by atoms with van der Waals surface area (Å²) in [4.78, 5) is 10.6. The van der Waals surface area contributed by atoms with E-state index in [1.165, 1.54) is 10.8 Å². The van der Waals surface area contributed by atoms with E-state index in [2.05, 4.69) is 164 Å². The normalized spacial score (nSPS) is 15.0. The fourth-order valence-corrected chi connectivity index (χ4v) is 7.76. The Hall–Kier alpha value is -6.78. The lowest BCUT2D eigenvalue weighted by Crippen LogP contribution is -2.13. The molecule has 0 amide bonds. The van der Waals surface area contributed by atoms with E-state index in [9.17, 15) is 0 Å². The number of hydrogen-bond donors (Lipinski definition) is 0. The largest absolute Gasteiger partial charge is 0.455 e. The number of amidine groups is 1. The van der Waals surface area contributed by atoms with Crippen molar-refractivity contribution in [3.8, 4) is 16.8 Å². The molecular formula is C50H39N3O. The zero-order chi connectivity index (χ0) is 36.8. The number of hydrogen-bond acceptors (Lipinski definition) is 2. The van der Waals surface area contributed by atoms with E-state index in [0.29, 0.717) is 17.5 Å². The molecule has 9 rings (SSSR count). The van der Waals surface area contributed by atoms with Gasteiger partial charge in [0.1, 0.15) is 11.2 Å². The third-order valence-corrected chi connectivity index (χ3v) is 10.3. The summed E-state index contributed by atoms with van der Waals surface area (Å²) in [5.41, 5.74) is 12.3. The Morgan fingerprint density at radius 3 is 2.04 bits per heavy atom. The molecule has 2 aromatic heterocycles. The highest BCUT2D eigenvalue weighted by Crippen LogP contribution is 2.40. The second-order valence-electron chi connectivity index (χ2n) is 14.1. The number of benzene rings is 6. The Morgan fingerprint density at radius 1 is 0.685 bits per heavy atom. The molecule has 1 aliphatic rings. The van der Waals surface area contributed by atoms with Gasteiger partial charge in [0.2, 0.25) is 0 Å². The molecule has 0 N–H and O–H groups in total. The van der Waals surface area contributed by atoms with Crippen molar-refractivity contribution in [3.63, 3.8) is 0 Å². The molecule has 6 aromatic carbocycles. The molecular weight excluding hydrogens is 659 g/mol. The number of nitrogens with zero attached hydrogens (tertiary/aromatic N) is 3. The summed E-state index contributed by atoms with van der Waals surface area (Å²) >= 11 is 0. The lowest BCUT2D eigenvalue weighted by atomic mass is 9.90. The van der Waals surface area contributed by atoms with Gasteiger partial charge in [-0.1, -0.05) is 148 Å². The number of rotatable bonds is 7. The van der Waals surface area contributed by atoms with Crippen LogP contribution in [0, 0.1) is 5.92 Å². The van der Waals surface area contributed by atoms with Gasteiger partial charge in [0, 0.05) is 16.2 Å². The van der Waals surface area contributed by atoms with E-state index in [1.54, 1.807) is 0 Å². The fraction of sp³-hybridized carbons (Fsp3) is 0.0800. The molecule has 0 fully saturated rings. The molecule has 1 unspecified atom stereocenters. The van der Waals surface area contributed by atoms with Gasteiger partial charge in [0.15, 0.2) is 5.84 Å². The van der Waals surface area contributed by atoms with Gasteiger partial charge in [-0.3, -0.25) is 0 Å². The summed E-state index contributed by atoms with van der Waals surface area (Å²) in [6.45, 7) is 13.1. The number of allylic oxidation sites excluding steroid dienone is 5. The third kappa shape index (κ3) is 5.82. The fourth-order valence-electron chi connectivity index (χ4n) is 7.76. The summed E-state index contributed by atoms with van der Waals surface area (Å²) in [6, 6.07) is 48.5. The second-order valence-corrected chi connectivity index (χ2v) is 14.1. The first-order chi connectivity index (χ1) is 26.4. The van der Waals surface area contributed by atoms with Crippen LogP contribution in [0.5, 0.6) is 0 Å². The molecule has 0 bridgehead atoms. The molecule has 0 saturated carbocycles. The minimum Gasteiger partial charge on any atom is -0.455 e. The lowest BCUT2D eigenvalue weighted by molar-refractivity contribution is 0.668. The van der Waals surface area contributed by atoms with Crippen LogP contribution >= 0.6 is 0 Å². The Bertz CT molecular complexity index is 2840. The molecule has 4 nitrogen and oxygen atoms in total. The van der Waals surface area contributed by atoms with Crippen LogP contribution in [0.2, 0.25) is 0 Å². The first-order valence-electron chi connectivity index (χ1n) is 18.4. The van der Waals surface area contributed by atoms with Crippen LogP contribution in [-0.2, 0) is 0 Å². The molecule has 260 valence electrons. The van der Waals surface area contributed by atoms with Crippen molar-refractivity contribution in [3.05, 3.63) is 193 Å². The van der Waals surface area contributed by atoms with Gasteiger partial charge in [-0.25, -0.2) is 9.98 Å². The maximum absolute atomic E-state index is 6.84. The maximum Gasteiger partial charge on any atom is 0.164 e. The molecule has 4 heteroatoms. The summed E-state index contributed by atoms with van der Waals surface area (Å²) in [7, 11) is 0. The minimum atomic E-state index is 0.395. The van der Waals surface area contributed by atoms with Crippen molar-refractivity contribution in [2.45, 2.75) is 20.3 Å². The van der Waals surface area contributed by atoms with Crippen molar-refractivity contribution >= 4 is 61.0 Å². The number of aromatic nitrogens is 1. The smallest absolute Gasteiger partial charge is 0.164 e. The summed E-state index contributed by atoms with van der Waals surface area (Å²) < 4.78 is 9.20. The standard InChI is InChI=1S/C50H39N3O/c1-32(2)48(38-18-12-15-33(3)31-38)52-50(51-34(4)35-27-29-37(30-28-35)36-16-6-5-7-17-36)42-22-13-21-41-47-45(25-14-26-46(47)54-49(41)42)53-43-23-10-8-19-39(43)40-20-9-11-24-44(40)53/h5-30,33H,1,4,31H2,2-3H3/b51-50-,52-48+. The van der Waals surface area contributed by atoms with Crippen LogP contribution < -0.4 is 0 Å². The zero-order valence-electron chi connectivity index (χ0n) is 30.5. The highest BCUT2D eigenvalue weighted by molar-refractivity contribution is 6.24. The van der Waals surface area contributed by atoms with E-state index in [4.69, 9.17) is 14.4 Å². The lowest BCUT2D eigenvalue weighted by Gasteiger charge is -2.17. The third-order valence-electron chi connectivity index (χ3n) is 10.3. The summed E-state index contributed by atoms with van der Waals surface area (Å²) in [5, 5.41) is 4.46. The van der Waals surface area contributed by atoms with Crippen LogP contribution in [0.25, 0.3) is 66.3 Å². The van der Waals surface area contributed by atoms with Crippen molar-refractivity contribution in [2.24, 2.45) is 15.9 Å². The van der Waals surface area contributed by atoms with E-state index in [1.807, 2.05) is 25.1 Å². The van der Waals surface area contributed by atoms with E-state index in [-0.39, 0.29) is 0 Å². The SMILES string of the molecule is C=C(C)/C(=N\C(=N/C(=C)c1ccc(-c2ccccc2)cc1)c1cccc2c1oc1cccc(-n3c4ccccc4c4ccccc43)c12)C1=CC=CC(C)C1. The molecule has 1 aliphatic carbocycles. The van der Waals surface area contributed by atoms with Gasteiger partial charge in [-0.15, -0.1) is 0 Å². The molecule has 8 aromatic rings. The molecule has 0 spiro atoms. The maximum atomic E-state index is 6.84. The Balaban J connectivity index is 1.25. The van der Waals surface area contributed by atoms with Crippen LogP contribution in [0.1, 0.15) is 31.4 Å². The van der Waals surface area contributed by atoms with E-state index < -0.39 is 0 Å². The van der Waals surface area contributed by atoms with Gasteiger partial charge < -0.3 is 8.98 Å². The monoisotopic (exact) mass is 697 g/mol. The molecule has 54 heavy (non-hydrogen) atoms. The molecule has 0 radical (unpaired) electrons. The molecule has 1 atom stereocenters. The minimum absolute atomic E-state index is 0.395. The summed E-state index contributed by atoms with van der Waals surface area (Å²) in [5.74, 6) is 0.919. The average Bonchev–Trinajstić information content (AvgIpc) is 3.76. The number of furan rings is 1. The number of fused-ring (bicyclic) bond motifs is 6. The Labute approximate surface area is 315 Å². The first-order valence-corrected chi connectivity index (χ1v) is 18.4. The molecule has 0 aliphatic heterocycles. The van der Waals surface area contributed by atoms with Gasteiger partial charge in [0.05, 0.1) is 39.1 Å². The van der Waals surface area contributed by atoms with Crippen LogP contribution in [-0.4, -0.2) is 16.1 Å². The topological polar surface area (TPSA) is 42.8 Å². The van der Waals surface area contributed by atoms with Crippen LogP contribution in [0.4, 0.5) is 0 Å². The van der Waals surface area contributed by atoms with Gasteiger partial charge >= 0.3 is 0 Å². The van der Waals surface area contributed by atoms with Crippen LogP contribution in [0.3, 0.4) is 0 Å². The average molecular weight is 698 g/mol. The Kier molecular flexibility index (Phi) is 8.36. The van der Waals surface area contributed by atoms with Crippen molar-refractivity contribution in [1.29, 1.82) is 0 Å². The predicted molar refractivity (Wildman–Crippen MR) is 229 cm³/mol. The highest BCUT2D eigenvalue weighted by Gasteiger charge is 2.22. The number of para-hydroxylation sites is 3. The van der Waals surface area contributed by atoms with E-state index in [0.717, 1.165) is 84.2 Å². The highest BCUT2D eigenvalue weighted by atomic mass is 16.3. The van der Waals surface area contributed by atoms with Crippen molar-refractivity contribution in [2.75, 3.05) is 0 Å². The van der Waals surface area contributed by atoms with Crippen molar-refractivity contribution in [1.82, 2.24) is 4.57 Å². The van der Waals surface area contributed by atoms with Gasteiger partial charge in [-0.05, 0) is 77.4 Å². The molecule has 2 heterocycles.